The first-order chi connectivity index (χ1) is 17.1. The summed E-state index contributed by atoms with van der Waals surface area (Å²) in [7, 11) is 0. The number of anilines is 1. The number of aryl methyl sites for hydroxylation is 3. The van der Waals surface area contributed by atoms with Crippen molar-refractivity contribution in [1.82, 2.24) is 14.6 Å². The zero-order chi connectivity index (χ0) is 25.6. The highest BCUT2D eigenvalue weighted by molar-refractivity contribution is 5.79. The third-order valence-corrected chi connectivity index (χ3v) is 7.49. The molecule has 36 heavy (non-hydrogen) atoms. The zero-order valence-corrected chi connectivity index (χ0v) is 22.2. The van der Waals surface area contributed by atoms with Crippen LogP contribution < -0.4 is 4.90 Å². The second-order valence-corrected chi connectivity index (χ2v) is 11.5. The Bertz CT molecular complexity index is 1280. The topological polar surface area (TPSA) is 80.0 Å². The van der Waals surface area contributed by atoms with E-state index in [1.165, 1.54) is 24.0 Å². The molecule has 2 aromatic heterocycles. The summed E-state index contributed by atoms with van der Waals surface area (Å²) in [4.78, 5) is 19.6. The molecule has 0 radical (unpaired) electrons. The number of aromatic nitrogens is 3. The van der Waals surface area contributed by atoms with Crippen LogP contribution in [0.15, 0.2) is 24.3 Å². The maximum Gasteiger partial charge on any atom is 0.337 e. The number of piperidine rings is 1. The molecule has 3 aromatic rings. The van der Waals surface area contributed by atoms with Crippen molar-refractivity contribution in [1.29, 1.82) is 0 Å². The monoisotopic (exact) mass is 490 g/mol. The Kier molecular flexibility index (Phi) is 6.54. The summed E-state index contributed by atoms with van der Waals surface area (Å²) in [6, 6.07) is 8.69. The molecule has 5 rings (SSSR count). The smallest absolute Gasteiger partial charge is 0.337 e. The van der Waals surface area contributed by atoms with E-state index in [-0.39, 0.29) is 0 Å². The van der Waals surface area contributed by atoms with Crippen LogP contribution in [0.5, 0.6) is 0 Å². The average Bonchev–Trinajstić information content (AvgIpc) is 3.25. The first kappa shape index (κ1) is 24.8. The molecule has 1 aromatic carbocycles. The van der Waals surface area contributed by atoms with E-state index in [1.807, 2.05) is 38.3 Å². The SMILES string of the molecule is Cc1nc2cc(-c3ccc4c(c3)CCCC4)nn2c(N2CCC(C)CC2)c1[C@H](OC(C)(C)C)C(=O)O. The first-order valence-electron chi connectivity index (χ1n) is 13.3. The van der Waals surface area contributed by atoms with Gasteiger partial charge in [-0.2, -0.15) is 9.61 Å². The quantitative estimate of drug-likeness (QED) is 0.490. The van der Waals surface area contributed by atoms with Gasteiger partial charge in [0.1, 0.15) is 5.82 Å². The zero-order valence-electron chi connectivity index (χ0n) is 22.2. The molecule has 3 heterocycles. The maximum atomic E-state index is 12.5. The predicted octanol–water partition coefficient (Wildman–Crippen LogP) is 5.76. The molecule has 1 saturated heterocycles. The van der Waals surface area contributed by atoms with Crippen LogP contribution in [0.1, 0.15) is 81.9 Å². The van der Waals surface area contributed by atoms with Crippen LogP contribution in [0.25, 0.3) is 16.9 Å². The van der Waals surface area contributed by atoms with Crippen LogP contribution in [0.2, 0.25) is 0 Å². The molecular formula is C29H38N4O3. The number of nitrogens with zero attached hydrogens (tertiary/aromatic N) is 4. The van der Waals surface area contributed by atoms with Gasteiger partial charge in [-0.05, 0) is 89.3 Å². The van der Waals surface area contributed by atoms with Crippen LogP contribution in [-0.4, -0.2) is 44.4 Å². The molecular weight excluding hydrogens is 452 g/mol. The first-order valence-corrected chi connectivity index (χ1v) is 13.3. The van der Waals surface area contributed by atoms with Gasteiger partial charge in [0.05, 0.1) is 16.9 Å². The lowest BCUT2D eigenvalue weighted by Crippen LogP contribution is -2.37. The van der Waals surface area contributed by atoms with Gasteiger partial charge in [0.2, 0.25) is 0 Å². The number of hydrogen-bond acceptors (Lipinski definition) is 5. The second kappa shape index (κ2) is 9.51. The van der Waals surface area contributed by atoms with E-state index >= 15 is 0 Å². The molecule has 2 aliphatic rings. The molecule has 1 aliphatic carbocycles. The summed E-state index contributed by atoms with van der Waals surface area (Å²) < 4.78 is 7.97. The Morgan fingerprint density at radius 1 is 1.11 bits per heavy atom. The van der Waals surface area contributed by atoms with Crippen LogP contribution in [0.3, 0.4) is 0 Å². The fourth-order valence-corrected chi connectivity index (χ4v) is 5.57. The molecule has 192 valence electrons. The number of carbonyl (C=O) groups is 1. The summed E-state index contributed by atoms with van der Waals surface area (Å²) in [6.45, 7) is 11.5. The third kappa shape index (κ3) is 4.85. The normalized spacial score (nSPS) is 17.9. The summed E-state index contributed by atoms with van der Waals surface area (Å²) in [5.74, 6) is 0.432. The number of carboxylic acids is 1. The number of benzene rings is 1. The van der Waals surface area contributed by atoms with Gasteiger partial charge in [-0.25, -0.2) is 9.78 Å². The Hall–Kier alpha value is -2.93. The summed E-state index contributed by atoms with van der Waals surface area (Å²) in [5.41, 5.74) is 6.17. The van der Waals surface area contributed by atoms with Crippen molar-refractivity contribution in [3.63, 3.8) is 0 Å². The number of rotatable bonds is 5. The summed E-state index contributed by atoms with van der Waals surface area (Å²) >= 11 is 0. The lowest BCUT2D eigenvalue weighted by Gasteiger charge is -2.35. The van der Waals surface area contributed by atoms with Gasteiger partial charge < -0.3 is 14.7 Å². The van der Waals surface area contributed by atoms with Crippen molar-refractivity contribution < 1.29 is 14.6 Å². The molecule has 1 aliphatic heterocycles. The van der Waals surface area contributed by atoms with Crippen LogP contribution in [0.4, 0.5) is 5.82 Å². The van der Waals surface area contributed by atoms with E-state index in [1.54, 1.807) is 0 Å². The fraction of sp³-hybridized carbons (Fsp3) is 0.552. The highest BCUT2D eigenvalue weighted by Crippen LogP contribution is 2.37. The molecule has 1 fully saturated rings. The fourth-order valence-electron chi connectivity index (χ4n) is 5.57. The molecule has 0 unspecified atom stereocenters. The van der Waals surface area contributed by atoms with E-state index in [2.05, 4.69) is 30.0 Å². The van der Waals surface area contributed by atoms with Gasteiger partial charge >= 0.3 is 5.97 Å². The number of fused-ring (bicyclic) bond motifs is 2. The minimum absolute atomic E-state index is 0.597. The second-order valence-electron chi connectivity index (χ2n) is 11.5. The Morgan fingerprint density at radius 3 is 2.47 bits per heavy atom. The number of ether oxygens (including phenoxy) is 1. The molecule has 0 amide bonds. The molecule has 0 saturated carbocycles. The van der Waals surface area contributed by atoms with Gasteiger partial charge in [-0.15, -0.1) is 0 Å². The summed E-state index contributed by atoms with van der Waals surface area (Å²) in [5, 5.41) is 15.3. The Labute approximate surface area is 213 Å². The van der Waals surface area contributed by atoms with Crippen LogP contribution >= 0.6 is 0 Å². The molecule has 1 N–H and O–H groups in total. The van der Waals surface area contributed by atoms with Gasteiger partial charge in [-0.1, -0.05) is 19.1 Å². The maximum absolute atomic E-state index is 12.5. The van der Waals surface area contributed by atoms with Gasteiger partial charge in [0, 0.05) is 30.4 Å². The van der Waals surface area contributed by atoms with Crippen molar-refractivity contribution in [3.05, 3.63) is 46.6 Å². The Morgan fingerprint density at radius 2 is 1.81 bits per heavy atom. The van der Waals surface area contributed by atoms with E-state index in [0.29, 0.717) is 17.2 Å². The van der Waals surface area contributed by atoms with E-state index < -0.39 is 17.7 Å². The minimum Gasteiger partial charge on any atom is -0.479 e. The molecule has 0 bridgehead atoms. The van der Waals surface area contributed by atoms with Gasteiger partial charge in [-0.3, -0.25) is 0 Å². The minimum atomic E-state index is -1.13. The van der Waals surface area contributed by atoms with Crippen molar-refractivity contribution in [2.24, 2.45) is 5.92 Å². The van der Waals surface area contributed by atoms with Crippen LogP contribution in [-0.2, 0) is 22.4 Å². The van der Waals surface area contributed by atoms with E-state index in [9.17, 15) is 9.90 Å². The van der Waals surface area contributed by atoms with E-state index in [0.717, 1.165) is 61.5 Å². The predicted molar refractivity (Wildman–Crippen MR) is 142 cm³/mol. The lowest BCUT2D eigenvalue weighted by atomic mass is 9.90. The molecule has 7 heteroatoms. The number of carboxylic acid groups (broad SMARTS) is 1. The lowest BCUT2D eigenvalue weighted by molar-refractivity contribution is -0.160. The van der Waals surface area contributed by atoms with Crippen molar-refractivity contribution in [3.8, 4) is 11.3 Å². The highest BCUT2D eigenvalue weighted by atomic mass is 16.5. The third-order valence-electron chi connectivity index (χ3n) is 7.49. The highest BCUT2D eigenvalue weighted by Gasteiger charge is 2.35. The largest absolute Gasteiger partial charge is 0.479 e. The van der Waals surface area contributed by atoms with Gasteiger partial charge in [0.25, 0.3) is 0 Å². The molecule has 0 spiro atoms. The van der Waals surface area contributed by atoms with Crippen LogP contribution in [0, 0.1) is 12.8 Å². The Balaban J connectivity index is 1.68. The van der Waals surface area contributed by atoms with E-state index in [4.69, 9.17) is 14.8 Å². The number of hydrogen-bond donors (Lipinski definition) is 1. The standard InChI is InChI=1S/C29H38N4O3/c1-18-12-14-32(15-13-18)27-25(26(28(34)35)36-29(3,4)5)19(2)30-24-17-23(31-33(24)27)22-11-10-20-8-6-7-9-21(20)16-22/h10-11,16-18,26H,6-9,12-15H2,1-5H3,(H,34,35)/t26-/m0/s1. The average molecular weight is 491 g/mol. The van der Waals surface area contributed by atoms with Gasteiger partial charge in [0.15, 0.2) is 11.8 Å². The van der Waals surface area contributed by atoms with Crippen molar-refractivity contribution in [2.75, 3.05) is 18.0 Å². The molecule has 1 atom stereocenters. The summed E-state index contributed by atoms with van der Waals surface area (Å²) in [6.07, 6.45) is 5.72. The van der Waals surface area contributed by atoms with Crippen molar-refractivity contribution in [2.45, 2.75) is 84.8 Å². The van der Waals surface area contributed by atoms with Crippen molar-refractivity contribution >= 4 is 17.4 Å². The number of aliphatic carboxylic acids is 1. The molecule has 7 nitrogen and oxygen atoms in total.